The average molecular weight is 273 g/mol. The summed E-state index contributed by atoms with van der Waals surface area (Å²) in [7, 11) is 0. The predicted octanol–water partition coefficient (Wildman–Crippen LogP) is 2.32. The molecule has 4 rings (SSSR count). The lowest BCUT2D eigenvalue weighted by Crippen LogP contribution is -2.44. The number of rotatable bonds is 0. The molecule has 3 heterocycles. The van der Waals surface area contributed by atoms with Crippen LogP contribution in [0.4, 0.5) is 0 Å². The molecule has 0 unspecified atom stereocenters. The van der Waals surface area contributed by atoms with Gasteiger partial charge in [-0.05, 0) is 18.3 Å². The molecule has 5 heteroatoms. The molecule has 0 aromatic carbocycles. The number of dihydropyridines is 1. The number of allylic oxidation sites excluding steroid dienone is 1. The highest BCUT2D eigenvalue weighted by atomic mass is 16.5. The maximum absolute atomic E-state index is 12.8. The molecule has 0 radical (unpaired) electrons. The fourth-order valence-electron chi connectivity index (χ4n) is 4.07. The molecule has 5 nitrogen and oxygen atoms in total. The van der Waals surface area contributed by atoms with Crippen LogP contribution in [0.15, 0.2) is 32.9 Å². The number of azo groups is 1. The zero-order valence-corrected chi connectivity index (χ0v) is 12.0. The molecule has 0 aromatic heterocycles. The first-order chi connectivity index (χ1) is 9.52. The molecule has 1 atom stereocenters. The lowest BCUT2D eigenvalue weighted by Gasteiger charge is -2.42. The van der Waals surface area contributed by atoms with Gasteiger partial charge in [-0.3, -0.25) is 4.79 Å². The molecule has 0 saturated carbocycles. The van der Waals surface area contributed by atoms with Gasteiger partial charge in [0.2, 0.25) is 0 Å². The van der Waals surface area contributed by atoms with Crippen molar-refractivity contribution in [2.45, 2.75) is 33.1 Å². The lowest BCUT2D eigenvalue weighted by molar-refractivity contribution is -0.119. The standard InChI is InChI=1S/C15H19N3O2/c1-14(2)5-10-12(11(19)6-14)15(3-4-20-8-15)9-7-16-18-13(9)17-10/h17H,3-8H2,1-2H3/t15-/m1/s1. The van der Waals surface area contributed by atoms with Crippen molar-refractivity contribution in [3.8, 4) is 0 Å². The zero-order valence-electron chi connectivity index (χ0n) is 12.0. The summed E-state index contributed by atoms with van der Waals surface area (Å²) in [4.78, 5) is 12.8. The van der Waals surface area contributed by atoms with Crippen molar-refractivity contribution in [3.05, 3.63) is 22.7 Å². The minimum absolute atomic E-state index is 0.0113. The number of Topliss-reactive ketones (excluding diaryl/α,β-unsaturated/α-hetero) is 1. The van der Waals surface area contributed by atoms with Crippen molar-refractivity contribution in [1.82, 2.24) is 5.32 Å². The van der Waals surface area contributed by atoms with Crippen LogP contribution in [0, 0.1) is 10.8 Å². The summed E-state index contributed by atoms with van der Waals surface area (Å²) in [6.45, 7) is 6.20. The Kier molecular flexibility index (Phi) is 2.32. The Morgan fingerprint density at radius 1 is 1.30 bits per heavy atom. The van der Waals surface area contributed by atoms with Crippen LogP contribution >= 0.6 is 0 Å². The molecule has 1 aliphatic carbocycles. The Morgan fingerprint density at radius 2 is 2.15 bits per heavy atom. The monoisotopic (exact) mass is 273 g/mol. The number of hydrogen-bond acceptors (Lipinski definition) is 5. The molecule has 1 spiro atoms. The summed E-state index contributed by atoms with van der Waals surface area (Å²) >= 11 is 0. The van der Waals surface area contributed by atoms with Gasteiger partial charge >= 0.3 is 0 Å². The van der Waals surface area contributed by atoms with Crippen LogP contribution in [0.3, 0.4) is 0 Å². The van der Waals surface area contributed by atoms with Crippen LogP contribution in [0.1, 0.15) is 33.1 Å². The van der Waals surface area contributed by atoms with Crippen molar-refractivity contribution < 1.29 is 9.53 Å². The van der Waals surface area contributed by atoms with Gasteiger partial charge in [-0.1, -0.05) is 13.8 Å². The average Bonchev–Trinajstić information content (AvgIpc) is 2.96. The minimum Gasteiger partial charge on any atom is -0.380 e. The van der Waals surface area contributed by atoms with E-state index >= 15 is 0 Å². The highest BCUT2D eigenvalue weighted by Crippen LogP contribution is 2.53. The predicted molar refractivity (Wildman–Crippen MR) is 72.8 cm³/mol. The number of ether oxygens (including phenoxy) is 1. The molecule has 0 bridgehead atoms. The second-order valence-electron chi connectivity index (χ2n) is 7.03. The topological polar surface area (TPSA) is 63.0 Å². The van der Waals surface area contributed by atoms with Gasteiger partial charge < -0.3 is 10.1 Å². The van der Waals surface area contributed by atoms with Gasteiger partial charge in [0, 0.05) is 29.9 Å². The van der Waals surface area contributed by atoms with E-state index in [1.165, 1.54) is 0 Å². The van der Waals surface area contributed by atoms with Crippen LogP contribution in [-0.4, -0.2) is 25.5 Å². The van der Waals surface area contributed by atoms with Crippen LogP contribution in [0.5, 0.6) is 0 Å². The normalized spacial score (nSPS) is 34.6. The lowest BCUT2D eigenvalue weighted by atomic mass is 9.63. The van der Waals surface area contributed by atoms with Gasteiger partial charge in [-0.2, -0.15) is 5.11 Å². The summed E-state index contributed by atoms with van der Waals surface area (Å²) < 4.78 is 5.66. The maximum Gasteiger partial charge on any atom is 0.162 e. The quantitative estimate of drug-likeness (QED) is 0.736. The summed E-state index contributed by atoms with van der Waals surface area (Å²) in [5.74, 6) is 1.13. The van der Waals surface area contributed by atoms with E-state index in [-0.39, 0.29) is 16.6 Å². The molecule has 3 aliphatic heterocycles. The van der Waals surface area contributed by atoms with E-state index < -0.39 is 0 Å². The fourth-order valence-corrected chi connectivity index (χ4v) is 4.07. The molecular formula is C15H19N3O2. The van der Waals surface area contributed by atoms with Crippen LogP contribution in [-0.2, 0) is 9.53 Å². The summed E-state index contributed by atoms with van der Waals surface area (Å²) in [6, 6.07) is 0. The van der Waals surface area contributed by atoms with Gasteiger partial charge in [0.05, 0.1) is 18.6 Å². The Hall–Kier alpha value is -1.49. The second kappa shape index (κ2) is 3.79. The van der Waals surface area contributed by atoms with Crippen LogP contribution in [0.25, 0.3) is 0 Å². The number of nitrogens with one attached hydrogen (secondary N) is 1. The second-order valence-corrected chi connectivity index (χ2v) is 7.03. The maximum atomic E-state index is 12.8. The smallest absolute Gasteiger partial charge is 0.162 e. The molecule has 20 heavy (non-hydrogen) atoms. The first kappa shape index (κ1) is 12.3. The van der Waals surface area contributed by atoms with E-state index in [2.05, 4.69) is 29.4 Å². The van der Waals surface area contributed by atoms with Crippen molar-refractivity contribution in [2.24, 2.45) is 21.1 Å². The Balaban J connectivity index is 1.87. The van der Waals surface area contributed by atoms with Gasteiger partial charge in [-0.25, -0.2) is 0 Å². The van der Waals surface area contributed by atoms with E-state index in [1.54, 1.807) is 0 Å². The molecule has 1 fully saturated rings. The largest absolute Gasteiger partial charge is 0.380 e. The van der Waals surface area contributed by atoms with E-state index in [0.717, 1.165) is 35.5 Å². The van der Waals surface area contributed by atoms with Crippen molar-refractivity contribution in [2.75, 3.05) is 19.8 Å². The third-order valence-electron chi connectivity index (χ3n) is 4.91. The Labute approximate surface area is 118 Å². The Bertz CT molecular complexity index is 592. The molecule has 0 aromatic rings. The first-order valence-electron chi connectivity index (χ1n) is 7.25. The first-order valence-corrected chi connectivity index (χ1v) is 7.25. The summed E-state index contributed by atoms with van der Waals surface area (Å²) in [5.41, 5.74) is 2.92. The molecule has 1 saturated heterocycles. The number of fused-ring (bicyclic) bond motifs is 2. The number of carbonyl (C=O) groups excluding carboxylic acids is 1. The van der Waals surface area contributed by atoms with E-state index in [4.69, 9.17) is 4.74 Å². The van der Waals surface area contributed by atoms with Gasteiger partial charge in [0.25, 0.3) is 0 Å². The molecule has 106 valence electrons. The van der Waals surface area contributed by atoms with E-state index in [9.17, 15) is 4.79 Å². The third-order valence-corrected chi connectivity index (χ3v) is 4.91. The van der Waals surface area contributed by atoms with E-state index in [0.29, 0.717) is 26.2 Å². The minimum atomic E-state index is -0.257. The van der Waals surface area contributed by atoms with E-state index in [1.807, 2.05) is 0 Å². The summed E-state index contributed by atoms with van der Waals surface area (Å²) in [6.07, 6.45) is 2.39. The Morgan fingerprint density at radius 3 is 2.90 bits per heavy atom. The SMILES string of the molecule is CC1(C)CC(=O)C2=C(C1)NC1=C(CN=N1)[C@]21CCOC1. The van der Waals surface area contributed by atoms with Gasteiger partial charge in [-0.15, -0.1) is 5.11 Å². The highest BCUT2D eigenvalue weighted by molar-refractivity contribution is 6.00. The third kappa shape index (κ3) is 1.50. The van der Waals surface area contributed by atoms with Gasteiger partial charge in [0.1, 0.15) is 0 Å². The zero-order chi connectivity index (χ0) is 14.0. The molecular weight excluding hydrogens is 254 g/mol. The van der Waals surface area contributed by atoms with Gasteiger partial charge in [0.15, 0.2) is 11.6 Å². The number of nitrogens with zero attached hydrogens (tertiary/aromatic N) is 2. The van der Waals surface area contributed by atoms with Crippen molar-refractivity contribution in [1.29, 1.82) is 0 Å². The number of hydrogen-bond donors (Lipinski definition) is 1. The summed E-state index contributed by atoms with van der Waals surface area (Å²) in [5, 5.41) is 11.8. The number of ketones is 1. The number of carbonyl (C=O) groups is 1. The molecule has 0 amide bonds. The fraction of sp³-hybridized carbons (Fsp3) is 0.667. The highest BCUT2D eigenvalue weighted by Gasteiger charge is 2.53. The van der Waals surface area contributed by atoms with Crippen molar-refractivity contribution in [3.63, 3.8) is 0 Å². The molecule has 4 aliphatic rings. The molecule has 1 N–H and O–H groups in total. The van der Waals surface area contributed by atoms with Crippen LogP contribution in [0.2, 0.25) is 0 Å². The van der Waals surface area contributed by atoms with Crippen LogP contribution < -0.4 is 5.32 Å². The van der Waals surface area contributed by atoms with Crippen molar-refractivity contribution >= 4 is 5.78 Å².